The van der Waals surface area contributed by atoms with Crippen LogP contribution in [0.1, 0.15) is 0 Å². The summed E-state index contributed by atoms with van der Waals surface area (Å²) in [5.41, 5.74) is 0. The second-order valence-corrected chi connectivity index (χ2v) is 3.39. The van der Waals surface area contributed by atoms with Gasteiger partial charge in [0, 0.05) is 12.3 Å². The SMILES string of the molecule is BrC=CC(Br)Oc1ccccn1. The van der Waals surface area contributed by atoms with Crippen molar-refractivity contribution >= 4 is 31.9 Å². The number of ether oxygens (including phenoxy) is 1. The smallest absolute Gasteiger partial charge is 0.214 e. The van der Waals surface area contributed by atoms with Crippen molar-refractivity contribution in [3.8, 4) is 5.88 Å². The summed E-state index contributed by atoms with van der Waals surface area (Å²) in [5.74, 6) is 0.602. The van der Waals surface area contributed by atoms with Crippen LogP contribution < -0.4 is 4.74 Å². The van der Waals surface area contributed by atoms with Gasteiger partial charge in [0.05, 0.1) is 0 Å². The zero-order valence-corrected chi connectivity index (χ0v) is 9.32. The van der Waals surface area contributed by atoms with Crippen LogP contribution in [0.2, 0.25) is 0 Å². The molecular weight excluding hydrogens is 286 g/mol. The number of hydrogen-bond donors (Lipinski definition) is 0. The van der Waals surface area contributed by atoms with Crippen LogP contribution >= 0.6 is 31.9 Å². The number of pyridine rings is 1. The first-order chi connectivity index (χ1) is 5.83. The average molecular weight is 293 g/mol. The Morgan fingerprint density at radius 2 is 2.33 bits per heavy atom. The summed E-state index contributed by atoms with van der Waals surface area (Å²) < 4.78 is 5.34. The zero-order chi connectivity index (χ0) is 8.81. The summed E-state index contributed by atoms with van der Waals surface area (Å²) in [7, 11) is 0. The minimum Gasteiger partial charge on any atom is -0.458 e. The Hall–Kier alpha value is -0.350. The number of rotatable bonds is 3. The van der Waals surface area contributed by atoms with E-state index >= 15 is 0 Å². The lowest BCUT2D eigenvalue weighted by molar-refractivity contribution is 0.325. The number of nitrogens with zero attached hydrogens (tertiary/aromatic N) is 1. The quantitative estimate of drug-likeness (QED) is 0.799. The van der Waals surface area contributed by atoms with Crippen LogP contribution in [0.5, 0.6) is 5.88 Å². The Morgan fingerprint density at radius 3 is 2.92 bits per heavy atom. The molecule has 1 heterocycles. The molecule has 0 radical (unpaired) electrons. The molecule has 1 atom stereocenters. The van der Waals surface area contributed by atoms with E-state index in [2.05, 4.69) is 36.8 Å². The van der Waals surface area contributed by atoms with Crippen molar-refractivity contribution in [2.24, 2.45) is 0 Å². The van der Waals surface area contributed by atoms with Crippen molar-refractivity contribution in [1.82, 2.24) is 4.98 Å². The molecule has 0 amide bonds. The molecule has 4 heteroatoms. The van der Waals surface area contributed by atoms with Gasteiger partial charge in [0.2, 0.25) is 5.88 Å². The molecule has 0 aliphatic carbocycles. The fourth-order valence-electron chi connectivity index (χ4n) is 0.629. The number of alkyl halides is 1. The minimum atomic E-state index is -0.147. The fourth-order valence-corrected chi connectivity index (χ4v) is 1.66. The highest BCUT2D eigenvalue weighted by atomic mass is 79.9. The summed E-state index contributed by atoms with van der Waals surface area (Å²) >= 11 is 6.45. The molecule has 2 nitrogen and oxygen atoms in total. The van der Waals surface area contributed by atoms with E-state index in [1.165, 1.54) is 0 Å². The summed E-state index contributed by atoms with van der Waals surface area (Å²) in [5, 5.41) is -0.147. The number of halogens is 2. The molecule has 0 aliphatic rings. The molecule has 1 rings (SSSR count). The highest BCUT2D eigenvalue weighted by molar-refractivity contribution is 9.11. The lowest BCUT2D eigenvalue weighted by atomic mass is 10.5. The summed E-state index contributed by atoms with van der Waals surface area (Å²) in [6.07, 6.45) is 3.50. The molecule has 0 spiro atoms. The Labute approximate surface area is 87.9 Å². The molecule has 0 bridgehead atoms. The van der Waals surface area contributed by atoms with Crippen LogP contribution in [0.3, 0.4) is 0 Å². The van der Waals surface area contributed by atoms with Crippen LogP contribution in [0, 0.1) is 0 Å². The van der Waals surface area contributed by atoms with E-state index in [9.17, 15) is 0 Å². The molecule has 0 saturated heterocycles. The van der Waals surface area contributed by atoms with Gasteiger partial charge in [-0.25, -0.2) is 4.98 Å². The van der Waals surface area contributed by atoms with Crippen molar-refractivity contribution in [1.29, 1.82) is 0 Å². The van der Waals surface area contributed by atoms with Gasteiger partial charge in [-0.05, 0) is 33.1 Å². The van der Waals surface area contributed by atoms with Gasteiger partial charge in [-0.1, -0.05) is 22.0 Å². The standard InChI is InChI=1S/C8H7Br2NO/c9-5-4-7(10)12-8-3-1-2-6-11-8/h1-7H. The largest absolute Gasteiger partial charge is 0.458 e. The average Bonchev–Trinajstić information content (AvgIpc) is 2.06. The van der Waals surface area contributed by atoms with Crippen LogP contribution in [-0.4, -0.2) is 10.00 Å². The highest BCUT2D eigenvalue weighted by Crippen LogP contribution is 2.11. The summed E-state index contributed by atoms with van der Waals surface area (Å²) in [4.78, 5) is 5.73. The Morgan fingerprint density at radius 1 is 1.50 bits per heavy atom. The van der Waals surface area contributed by atoms with Gasteiger partial charge in [-0.3, -0.25) is 0 Å². The number of hydrogen-bond acceptors (Lipinski definition) is 2. The molecule has 0 aliphatic heterocycles. The van der Waals surface area contributed by atoms with Crippen molar-refractivity contribution < 1.29 is 4.74 Å². The maximum Gasteiger partial charge on any atom is 0.214 e. The molecule has 1 aromatic heterocycles. The Kier molecular flexibility index (Phi) is 4.32. The summed E-state index contributed by atoms with van der Waals surface area (Å²) in [6.45, 7) is 0. The third-order valence-corrected chi connectivity index (χ3v) is 1.89. The van der Waals surface area contributed by atoms with E-state index in [0.29, 0.717) is 5.88 Å². The predicted octanol–water partition coefficient (Wildman–Crippen LogP) is 3.09. The van der Waals surface area contributed by atoms with Gasteiger partial charge in [-0.2, -0.15) is 0 Å². The van der Waals surface area contributed by atoms with Crippen molar-refractivity contribution in [2.45, 2.75) is 5.01 Å². The molecule has 1 unspecified atom stereocenters. The Bertz CT molecular complexity index is 250. The third-order valence-electron chi connectivity index (χ3n) is 1.10. The topological polar surface area (TPSA) is 22.1 Å². The van der Waals surface area contributed by atoms with E-state index in [0.717, 1.165) is 0 Å². The first-order valence-electron chi connectivity index (χ1n) is 3.31. The maximum absolute atomic E-state index is 5.34. The van der Waals surface area contributed by atoms with Gasteiger partial charge in [0.15, 0.2) is 5.01 Å². The normalized spacial score (nSPS) is 13.2. The van der Waals surface area contributed by atoms with Crippen molar-refractivity contribution in [3.63, 3.8) is 0 Å². The molecule has 0 aromatic carbocycles. The van der Waals surface area contributed by atoms with Crippen LogP contribution in [-0.2, 0) is 0 Å². The van der Waals surface area contributed by atoms with Gasteiger partial charge in [0.25, 0.3) is 0 Å². The molecule has 0 fully saturated rings. The number of aromatic nitrogens is 1. The molecule has 1 aromatic rings. The predicted molar refractivity (Wildman–Crippen MR) is 55.6 cm³/mol. The van der Waals surface area contributed by atoms with E-state index in [1.807, 2.05) is 18.2 Å². The molecule has 64 valence electrons. The molecule has 12 heavy (non-hydrogen) atoms. The van der Waals surface area contributed by atoms with Crippen molar-refractivity contribution in [3.05, 3.63) is 35.5 Å². The zero-order valence-electron chi connectivity index (χ0n) is 6.15. The van der Waals surface area contributed by atoms with Gasteiger partial charge in [-0.15, -0.1) is 0 Å². The van der Waals surface area contributed by atoms with Gasteiger partial charge < -0.3 is 4.74 Å². The van der Waals surface area contributed by atoms with E-state index in [4.69, 9.17) is 4.74 Å². The second kappa shape index (κ2) is 5.32. The highest BCUT2D eigenvalue weighted by Gasteiger charge is 1.99. The van der Waals surface area contributed by atoms with Gasteiger partial charge in [0.1, 0.15) is 0 Å². The van der Waals surface area contributed by atoms with Gasteiger partial charge >= 0.3 is 0 Å². The fraction of sp³-hybridized carbons (Fsp3) is 0.125. The third kappa shape index (κ3) is 3.36. The van der Waals surface area contributed by atoms with Crippen LogP contribution in [0.4, 0.5) is 0 Å². The van der Waals surface area contributed by atoms with E-state index in [1.54, 1.807) is 17.2 Å². The summed E-state index contributed by atoms with van der Waals surface area (Å²) in [6, 6.07) is 5.52. The Balaban J connectivity index is 2.52. The maximum atomic E-state index is 5.34. The van der Waals surface area contributed by atoms with E-state index < -0.39 is 0 Å². The molecule has 0 saturated carbocycles. The van der Waals surface area contributed by atoms with Crippen LogP contribution in [0.15, 0.2) is 35.5 Å². The second-order valence-electron chi connectivity index (χ2n) is 1.96. The monoisotopic (exact) mass is 291 g/mol. The molecular formula is C8H7Br2NO. The van der Waals surface area contributed by atoms with Crippen LogP contribution in [0.25, 0.3) is 0 Å². The van der Waals surface area contributed by atoms with Crippen molar-refractivity contribution in [2.75, 3.05) is 0 Å². The first kappa shape index (κ1) is 9.74. The minimum absolute atomic E-state index is 0.147. The lowest BCUT2D eigenvalue weighted by Gasteiger charge is -2.06. The first-order valence-corrected chi connectivity index (χ1v) is 5.14. The van der Waals surface area contributed by atoms with E-state index in [-0.39, 0.29) is 5.01 Å². The molecule has 0 N–H and O–H groups in total. The lowest BCUT2D eigenvalue weighted by Crippen LogP contribution is -2.04.